The number of aromatic nitrogens is 1. The molecule has 2 N–H and O–H groups in total. The number of nitrogens with zero attached hydrogens (tertiary/aromatic N) is 2. The van der Waals surface area contributed by atoms with E-state index in [4.69, 9.17) is 20.8 Å². The highest BCUT2D eigenvalue weighted by molar-refractivity contribution is 6.30. The molecule has 0 unspecified atom stereocenters. The molecule has 1 aliphatic carbocycles. The second kappa shape index (κ2) is 10.8. The molecular weight excluding hydrogens is 512 g/mol. The Kier molecular flexibility index (Phi) is 7.33. The Balaban J connectivity index is 1.39. The molecule has 2 aliphatic rings. The maximum atomic E-state index is 13.4. The highest BCUT2D eigenvalue weighted by Gasteiger charge is 2.34. The molecule has 11 heteroatoms. The number of anilines is 2. The number of fused-ring (bicyclic) bond motifs is 1. The molecule has 1 saturated heterocycles. The molecule has 38 heavy (non-hydrogen) atoms. The van der Waals surface area contributed by atoms with Crippen LogP contribution in [0.25, 0.3) is 11.0 Å². The first kappa shape index (κ1) is 25.7. The van der Waals surface area contributed by atoms with Gasteiger partial charge >= 0.3 is 5.97 Å². The Hall–Kier alpha value is -3.92. The summed E-state index contributed by atoms with van der Waals surface area (Å²) >= 11 is 5.88. The first-order chi connectivity index (χ1) is 18.3. The fraction of sp³-hybridized carbons (Fsp3) is 0.370. The SMILES string of the molecule is COC(=O)c1ccc2oc(C(=O)Nc3ccc(Cl)cn3)c(NC(=O)[C@H]3CC[C@H](N4CCCC4=O)CC3)c2c1. The molecule has 0 spiro atoms. The number of pyridine rings is 1. The standard InChI is InChI=1S/C27H27ClN4O6/c1-37-27(36)16-6-10-20-19(13-16)23(24(38-20)26(35)30-21-11-7-17(28)14-29-21)31-25(34)15-4-8-18(9-5-15)32-12-2-3-22(32)33/h6-7,10-11,13-15,18H,2-5,8-9,12H2,1H3,(H,31,34)(H,29,30,35)/t15-,18-. The third-order valence-corrected chi connectivity index (χ3v) is 7.37. The quantitative estimate of drug-likeness (QED) is 0.437. The van der Waals surface area contributed by atoms with Gasteiger partial charge in [-0.1, -0.05) is 11.6 Å². The number of amides is 3. The number of carbonyl (C=O) groups excluding carboxylic acids is 4. The zero-order chi connectivity index (χ0) is 26.8. The molecule has 2 aromatic heterocycles. The smallest absolute Gasteiger partial charge is 0.337 e. The number of rotatable bonds is 6. The van der Waals surface area contributed by atoms with Crippen LogP contribution in [0, 0.1) is 5.92 Å². The minimum atomic E-state index is -0.623. The molecule has 0 bridgehead atoms. The molecular formula is C27H27ClN4O6. The number of nitrogens with one attached hydrogen (secondary N) is 2. The molecule has 10 nitrogen and oxygen atoms in total. The number of likely N-dealkylation sites (tertiary alicyclic amines) is 1. The number of methoxy groups -OCH3 is 1. The Morgan fingerprint density at radius 1 is 1.11 bits per heavy atom. The van der Waals surface area contributed by atoms with Crippen molar-refractivity contribution in [2.75, 3.05) is 24.3 Å². The summed E-state index contributed by atoms with van der Waals surface area (Å²) in [5.41, 5.74) is 0.732. The van der Waals surface area contributed by atoms with E-state index in [1.54, 1.807) is 18.2 Å². The Morgan fingerprint density at radius 3 is 2.55 bits per heavy atom. The topological polar surface area (TPSA) is 131 Å². The highest BCUT2D eigenvalue weighted by Crippen LogP contribution is 2.35. The number of hydrogen-bond donors (Lipinski definition) is 2. The van der Waals surface area contributed by atoms with Crippen molar-refractivity contribution < 1.29 is 28.3 Å². The summed E-state index contributed by atoms with van der Waals surface area (Å²) in [5, 5.41) is 6.35. The van der Waals surface area contributed by atoms with Gasteiger partial charge in [-0.3, -0.25) is 14.4 Å². The fourth-order valence-corrected chi connectivity index (χ4v) is 5.29. The first-order valence-electron chi connectivity index (χ1n) is 12.5. The van der Waals surface area contributed by atoms with Crippen molar-refractivity contribution in [3.8, 4) is 0 Å². The normalized spacial score (nSPS) is 19.4. The molecule has 1 saturated carbocycles. The van der Waals surface area contributed by atoms with Gasteiger partial charge in [-0.15, -0.1) is 0 Å². The molecule has 2 fully saturated rings. The molecule has 5 rings (SSSR count). The summed E-state index contributed by atoms with van der Waals surface area (Å²) in [6, 6.07) is 7.88. The van der Waals surface area contributed by atoms with Crippen molar-refractivity contribution in [2.45, 2.75) is 44.6 Å². The monoisotopic (exact) mass is 538 g/mol. The summed E-state index contributed by atoms with van der Waals surface area (Å²) in [4.78, 5) is 56.8. The maximum absolute atomic E-state index is 13.4. The number of hydrogen-bond acceptors (Lipinski definition) is 7. The van der Waals surface area contributed by atoms with E-state index in [0.29, 0.717) is 35.3 Å². The second-order valence-electron chi connectivity index (χ2n) is 9.51. The Labute approximate surface area is 223 Å². The molecule has 198 valence electrons. The largest absolute Gasteiger partial charge is 0.465 e. The summed E-state index contributed by atoms with van der Waals surface area (Å²) in [6.07, 6.45) is 5.62. The van der Waals surface area contributed by atoms with Crippen LogP contribution in [0.1, 0.15) is 59.4 Å². The lowest BCUT2D eigenvalue weighted by Gasteiger charge is -2.34. The number of esters is 1. The van der Waals surface area contributed by atoms with Crippen LogP contribution >= 0.6 is 11.6 Å². The van der Waals surface area contributed by atoms with Crippen molar-refractivity contribution in [1.29, 1.82) is 0 Å². The van der Waals surface area contributed by atoms with Gasteiger partial charge in [0.1, 0.15) is 17.1 Å². The van der Waals surface area contributed by atoms with Crippen LogP contribution in [0.2, 0.25) is 5.02 Å². The van der Waals surface area contributed by atoms with Crippen molar-refractivity contribution >= 4 is 57.8 Å². The molecule has 0 atom stereocenters. The van der Waals surface area contributed by atoms with Crippen molar-refractivity contribution in [2.24, 2.45) is 5.92 Å². The number of benzene rings is 1. The van der Waals surface area contributed by atoms with E-state index in [-0.39, 0.29) is 46.6 Å². The predicted molar refractivity (Wildman–Crippen MR) is 140 cm³/mol. The Bertz CT molecular complexity index is 1390. The average molecular weight is 539 g/mol. The van der Waals surface area contributed by atoms with Gasteiger partial charge in [-0.05, 0) is 62.4 Å². The van der Waals surface area contributed by atoms with E-state index in [0.717, 1.165) is 25.8 Å². The van der Waals surface area contributed by atoms with Crippen LogP contribution in [0.15, 0.2) is 40.9 Å². The molecule has 3 heterocycles. The van der Waals surface area contributed by atoms with Crippen LogP contribution in [0.3, 0.4) is 0 Å². The van der Waals surface area contributed by atoms with E-state index in [9.17, 15) is 19.2 Å². The van der Waals surface area contributed by atoms with Crippen molar-refractivity contribution in [1.82, 2.24) is 9.88 Å². The summed E-state index contributed by atoms with van der Waals surface area (Å²) in [6.45, 7) is 0.783. The highest BCUT2D eigenvalue weighted by atomic mass is 35.5. The van der Waals surface area contributed by atoms with Crippen LogP contribution in [0.4, 0.5) is 11.5 Å². The van der Waals surface area contributed by atoms with Gasteiger partial charge < -0.3 is 24.7 Å². The lowest BCUT2D eigenvalue weighted by atomic mass is 9.84. The molecule has 1 aliphatic heterocycles. The van der Waals surface area contributed by atoms with E-state index >= 15 is 0 Å². The van der Waals surface area contributed by atoms with Crippen LogP contribution in [-0.4, -0.2) is 53.3 Å². The van der Waals surface area contributed by atoms with Crippen LogP contribution < -0.4 is 10.6 Å². The fourth-order valence-electron chi connectivity index (χ4n) is 5.18. The van der Waals surface area contributed by atoms with E-state index in [1.807, 2.05) is 4.90 Å². The zero-order valence-electron chi connectivity index (χ0n) is 20.8. The summed E-state index contributed by atoms with van der Waals surface area (Å²) < 4.78 is 10.7. The van der Waals surface area contributed by atoms with Gasteiger partial charge in [-0.2, -0.15) is 0 Å². The lowest BCUT2D eigenvalue weighted by Crippen LogP contribution is -2.40. The number of carbonyl (C=O) groups is 4. The third kappa shape index (κ3) is 5.22. The molecule has 0 radical (unpaired) electrons. The number of halogens is 1. The number of ether oxygens (including phenoxy) is 1. The van der Waals surface area contributed by atoms with E-state index in [1.165, 1.54) is 25.4 Å². The van der Waals surface area contributed by atoms with E-state index in [2.05, 4.69) is 15.6 Å². The van der Waals surface area contributed by atoms with Crippen LogP contribution in [-0.2, 0) is 14.3 Å². The molecule has 3 amide bonds. The summed E-state index contributed by atoms with van der Waals surface area (Å²) in [7, 11) is 1.27. The van der Waals surface area contributed by atoms with Gasteiger partial charge in [0.05, 0.1) is 17.7 Å². The van der Waals surface area contributed by atoms with Gasteiger partial charge in [0, 0.05) is 36.5 Å². The predicted octanol–water partition coefficient (Wildman–Crippen LogP) is 4.64. The first-order valence-corrected chi connectivity index (χ1v) is 12.9. The molecule has 3 aromatic rings. The minimum Gasteiger partial charge on any atom is -0.465 e. The number of furan rings is 1. The second-order valence-corrected chi connectivity index (χ2v) is 9.95. The Morgan fingerprint density at radius 2 is 1.89 bits per heavy atom. The lowest BCUT2D eigenvalue weighted by molar-refractivity contribution is -0.130. The van der Waals surface area contributed by atoms with Crippen LogP contribution in [0.5, 0.6) is 0 Å². The van der Waals surface area contributed by atoms with Gasteiger partial charge in [0.15, 0.2) is 0 Å². The average Bonchev–Trinajstić information content (AvgIpc) is 3.52. The zero-order valence-corrected chi connectivity index (χ0v) is 21.5. The van der Waals surface area contributed by atoms with Crippen molar-refractivity contribution in [3.05, 3.63) is 52.9 Å². The summed E-state index contributed by atoms with van der Waals surface area (Å²) in [5.74, 6) is -1.40. The van der Waals surface area contributed by atoms with Gasteiger partial charge in [0.2, 0.25) is 17.6 Å². The van der Waals surface area contributed by atoms with Gasteiger partial charge in [-0.25, -0.2) is 9.78 Å². The van der Waals surface area contributed by atoms with E-state index < -0.39 is 11.9 Å². The third-order valence-electron chi connectivity index (χ3n) is 7.15. The van der Waals surface area contributed by atoms with Crippen molar-refractivity contribution in [3.63, 3.8) is 0 Å². The van der Waals surface area contributed by atoms with Gasteiger partial charge in [0.25, 0.3) is 5.91 Å². The maximum Gasteiger partial charge on any atom is 0.337 e. The molecule has 1 aromatic carbocycles. The minimum absolute atomic E-state index is 0.122.